The van der Waals surface area contributed by atoms with E-state index < -0.39 is 5.91 Å². The number of allylic oxidation sites excluding steroid dienone is 2. The van der Waals surface area contributed by atoms with Crippen LogP contribution in [0.3, 0.4) is 0 Å². The van der Waals surface area contributed by atoms with Gasteiger partial charge in [-0.25, -0.2) is 0 Å². The van der Waals surface area contributed by atoms with E-state index in [2.05, 4.69) is 19.1 Å². The van der Waals surface area contributed by atoms with Crippen molar-refractivity contribution in [3.8, 4) is 11.5 Å². The molecule has 0 bridgehead atoms. The molecule has 180 valence electrons. The van der Waals surface area contributed by atoms with Gasteiger partial charge in [-0.1, -0.05) is 76.5 Å². The van der Waals surface area contributed by atoms with Crippen LogP contribution in [-0.2, 0) is 11.2 Å². The van der Waals surface area contributed by atoms with E-state index in [-0.39, 0.29) is 29.3 Å². The van der Waals surface area contributed by atoms with E-state index >= 15 is 0 Å². The quantitative estimate of drug-likeness (QED) is 0.142. The number of aromatic hydroxyl groups is 1. The highest BCUT2D eigenvalue weighted by molar-refractivity contribution is 6.01. The van der Waals surface area contributed by atoms with Gasteiger partial charge in [0, 0.05) is 6.42 Å². The predicted molar refractivity (Wildman–Crippen MR) is 131 cm³/mol. The fourth-order valence-corrected chi connectivity index (χ4v) is 3.94. The number of primary amides is 1. The summed E-state index contributed by atoms with van der Waals surface area (Å²) in [6.07, 6.45) is 20.6. The van der Waals surface area contributed by atoms with Crippen molar-refractivity contribution in [2.75, 3.05) is 7.11 Å². The third-order valence-electron chi connectivity index (χ3n) is 5.74. The molecule has 1 aromatic carbocycles. The Bertz CT molecular complexity index is 712. The average molecular weight is 446 g/mol. The molecule has 0 aliphatic carbocycles. The highest BCUT2D eigenvalue weighted by Gasteiger charge is 2.21. The Morgan fingerprint density at radius 2 is 1.47 bits per heavy atom. The Morgan fingerprint density at radius 1 is 0.906 bits per heavy atom. The maximum atomic E-state index is 12.8. The van der Waals surface area contributed by atoms with Crippen LogP contribution in [0.1, 0.15) is 113 Å². The van der Waals surface area contributed by atoms with E-state index in [4.69, 9.17) is 10.5 Å². The van der Waals surface area contributed by atoms with Crippen molar-refractivity contribution < 1.29 is 19.4 Å². The first-order valence-corrected chi connectivity index (χ1v) is 12.4. The lowest BCUT2D eigenvalue weighted by Crippen LogP contribution is -2.17. The minimum Gasteiger partial charge on any atom is -0.504 e. The Hall–Kier alpha value is -2.30. The molecule has 0 saturated carbocycles. The van der Waals surface area contributed by atoms with Gasteiger partial charge in [-0.05, 0) is 43.7 Å². The van der Waals surface area contributed by atoms with E-state index in [1.807, 2.05) is 0 Å². The number of Topliss-reactive ketones (excluding diaryl/α,β-unsaturated/α-hetero) is 1. The molecule has 0 aromatic heterocycles. The third-order valence-corrected chi connectivity index (χ3v) is 5.74. The number of unbranched alkanes of at least 4 members (excludes halogenated alkanes) is 11. The summed E-state index contributed by atoms with van der Waals surface area (Å²) in [4.78, 5) is 24.1. The molecule has 5 nitrogen and oxygen atoms in total. The van der Waals surface area contributed by atoms with Gasteiger partial charge in [-0.2, -0.15) is 0 Å². The van der Waals surface area contributed by atoms with Gasteiger partial charge < -0.3 is 15.6 Å². The number of ether oxygens (including phenoxy) is 1. The zero-order chi connectivity index (χ0) is 23.6. The first-order chi connectivity index (χ1) is 15.5. The summed E-state index contributed by atoms with van der Waals surface area (Å²) < 4.78 is 5.22. The van der Waals surface area contributed by atoms with Crippen molar-refractivity contribution in [2.45, 2.75) is 103 Å². The Labute approximate surface area is 194 Å². The number of hydrogen-bond acceptors (Lipinski definition) is 4. The Morgan fingerprint density at radius 3 is 2.03 bits per heavy atom. The van der Waals surface area contributed by atoms with Crippen LogP contribution in [0.2, 0.25) is 0 Å². The molecule has 0 saturated heterocycles. The van der Waals surface area contributed by atoms with Crippen LogP contribution < -0.4 is 10.5 Å². The smallest absolute Gasteiger partial charge is 0.221 e. The summed E-state index contributed by atoms with van der Waals surface area (Å²) in [5, 5.41) is 10.0. The van der Waals surface area contributed by atoms with Crippen molar-refractivity contribution in [3.05, 3.63) is 35.4 Å². The zero-order valence-electron chi connectivity index (χ0n) is 20.2. The molecule has 3 N–H and O–H groups in total. The number of methoxy groups -OCH3 is 1. The minimum atomic E-state index is -0.521. The van der Waals surface area contributed by atoms with E-state index in [0.717, 1.165) is 32.1 Å². The van der Waals surface area contributed by atoms with E-state index in [9.17, 15) is 14.7 Å². The number of hydrogen-bond donors (Lipinski definition) is 2. The number of carbonyl (C=O) groups excluding carboxylic acids is 2. The standard InChI is InChI=1S/C27H43NO4/c1-3-4-5-6-7-8-9-10-11-12-13-14-15-16-17-18-23(29)26-22(21-25(28)31)19-20-24(30)27(26)32-2/h10-11,19-20,30H,3-9,12-18,21H2,1-2H3,(H2,28,31)/b11-10-. The Balaban J connectivity index is 2.24. The fourth-order valence-electron chi connectivity index (χ4n) is 3.94. The summed E-state index contributed by atoms with van der Waals surface area (Å²) in [6, 6.07) is 2.99. The van der Waals surface area contributed by atoms with Crippen LogP contribution in [0.15, 0.2) is 24.3 Å². The predicted octanol–water partition coefficient (Wildman–Crippen LogP) is 6.65. The lowest BCUT2D eigenvalue weighted by atomic mass is 9.95. The summed E-state index contributed by atoms with van der Waals surface area (Å²) in [7, 11) is 1.40. The van der Waals surface area contributed by atoms with Crippen molar-refractivity contribution in [1.29, 1.82) is 0 Å². The molecular weight excluding hydrogens is 402 g/mol. The lowest BCUT2D eigenvalue weighted by molar-refractivity contribution is -0.117. The highest BCUT2D eigenvalue weighted by atomic mass is 16.5. The maximum Gasteiger partial charge on any atom is 0.221 e. The maximum absolute atomic E-state index is 12.8. The highest BCUT2D eigenvalue weighted by Crippen LogP contribution is 2.34. The van der Waals surface area contributed by atoms with Gasteiger partial charge in [0.1, 0.15) is 0 Å². The lowest BCUT2D eigenvalue weighted by Gasteiger charge is -2.14. The molecule has 32 heavy (non-hydrogen) atoms. The van der Waals surface area contributed by atoms with Gasteiger partial charge >= 0.3 is 0 Å². The molecule has 0 unspecified atom stereocenters. The molecule has 0 aliphatic rings. The monoisotopic (exact) mass is 445 g/mol. The Kier molecular flexibility index (Phi) is 15.0. The number of amides is 1. The molecule has 0 spiro atoms. The number of benzene rings is 1. The van der Waals surface area contributed by atoms with Gasteiger partial charge in [0.15, 0.2) is 17.3 Å². The van der Waals surface area contributed by atoms with Crippen molar-refractivity contribution in [2.24, 2.45) is 5.73 Å². The van der Waals surface area contributed by atoms with Crippen molar-refractivity contribution in [3.63, 3.8) is 0 Å². The van der Waals surface area contributed by atoms with Crippen LogP contribution in [0.4, 0.5) is 0 Å². The number of phenols is 1. The first-order valence-electron chi connectivity index (χ1n) is 12.4. The number of phenolic OH excluding ortho intramolecular Hbond substituents is 1. The van der Waals surface area contributed by atoms with Crippen LogP contribution in [0, 0.1) is 0 Å². The second kappa shape index (κ2) is 17.3. The molecule has 5 heteroatoms. The molecule has 0 aliphatic heterocycles. The van der Waals surface area contributed by atoms with E-state index in [0.29, 0.717) is 12.0 Å². The molecule has 1 aromatic rings. The van der Waals surface area contributed by atoms with Crippen LogP contribution >= 0.6 is 0 Å². The van der Waals surface area contributed by atoms with Crippen molar-refractivity contribution in [1.82, 2.24) is 0 Å². The molecule has 0 heterocycles. The summed E-state index contributed by atoms with van der Waals surface area (Å²) in [5.41, 5.74) is 6.08. The van der Waals surface area contributed by atoms with Gasteiger partial charge in [-0.3, -0.25) is 9.59 Å². The molecule has 0 fully saturated rings. The van der Waals surface area contributed by atoms with Gasteiger partial charge in [0.2, 0.25) is 5.91 Å². The topological polar surface area (TPSA) is 89.6 Å². The number of carbonyl (C=O) groups is 2. The van der Waals surface area contributed by atoms with Gasteiger partial charge in [0.25, 0.3) is 0 Å². The number of rotatable bonds is 19. The fraction of sp³-hybridized carbons (Fsp3) is 0.630. The third kappa shape index (κ3) is 11.4. The van der Waals surface area contributed by atoms with Crippen LogP contribution in [0.5, 0.6) is 11.5 Å². The second-order valence-corrected chi connectivity index (χ2v) is 8.55. The zero-order valence-corrected chi connectivity index (χ0v) is 20.2. The van der Waals surface area contributed by atoms with E-state index in [1.165, 1.54) is 64.5 Å². The SMILES string of the molecule is CCCCCCCC/C=C\CCCCCCCC(=O)c1c(CC(N)=O)ccc(O)c1OC. The van der Waals surface area contributed by atoms with Gasteiger partial charge in [-0.15, -0.1) is 0 Å². The summed E-state index contributed by atoms with van der Waals surface area (Å²) >= 11 is 0. The van der Waals surface area contributed by atoms with Crippen molar-refractivity contribution >= 4 is 11.7 Å². The molecule has 1 amide bonds. The van der Waals surface area contributed by atoms with Crippen LogP contribution in [-0.4, -0.2) is 23.9 Å². The summed E-state index contributed by atoms with van der Waals surface area (Å²) in [5.74, 6) is -0.616. The minimum absolute atomic E-state index is 0.0515. The normalized spacial score (nSPS) is 11.2. The first kappa shape index (κ1) is 27.7. The summed E-state index contributed by atoms with van der Waals surface area (Å²) in [6.45, 7) is 2.25. The number of nitrogens with two attached hydrogens (primary N) is 1. The average Bonchev–Trinajstić information content (AvgIpc) is 2.76. The largest absolute Gasteiger partial charge is 0.504 e. The van der Waals surface area contributed by atoms with E-state index in [1.54, 1.807) is 6.07 Å². The molecule has 1 rings (SSSR count). The second-order valence-electron chi connectivity index (χ2n) is 8.55. The molecule has 0 atom stereocenters. The molecule has 0 radical (unpaired) electrons. The number of ketones is 1. The van der Waals surface area contributed by atoms with Crippen LogP contribution in [0.25, 0.3) is 0 Å². The van der Waals surface area contributed by atoms with Gasteiger partial charge in [0.05, 0.1) is 19.1 Å². The molecular formula is C27H43NO4.